The molecule has 0 bridgehead atoms. The Hall–Kier alpha value is -1.93. The van der Waals surface area contributed by atoms with E-state index in [1.165, 1.54) is 0 Å². The van der Waals surface area contributed by atoms with Crippen LogP contribution < -0.4 is 5.32 Å². The highest BCUT2D eigenvalue weighted by molar-refractivity contribution is 5.93. The topological polar surface area (TPSA) is 86.0 Å². The highest BCUT2D eigenvalue weighted by Gasteiger charge is 2.33. The smallest absolute Gasteiger partial charge is 0.270 e. The second kappa shape index (κ2) is 6.02. The van der Waals surface area contributed by atoms with Crippen molar-refractivity contribution in [3.05, 3.63) is 29.1 Å². The minimum absolute atomic E-state index is 0.0476. The SMILES string of the molecule is Cc1nc(C(=O)NC2(CO)CCCCC2)ccc1C#N. The molecule has 5 nitrogen and oxygen atoms in total. The van der Waals surface area contributed by atoms with Gasteiger partial charge in [-0.05, 0) is 31.9 Å². The molecule has 1 aromatic rings. The number of hydrogen-bond donors (Lipinski definition) is 2. The monoisotopic (exact) mass is 273 g/mol. The normalized spacial score (nSPS) is 17.2. The van der Waals surface area contributed by atoms with E-state index in [1.807, 2.05) is 6.07 Å². The average molecular weight is 273 g/mol. The molecule has 2 rings (SSSR count). The number of hydrogen-bond acceptors (Lipinski definition) is 4. The zero-order chi connectivity index (χ0) is 14.6. The third-order valence-electron chi connectivity index (χ3n) is 3.93. The van der Waals surface area contributed by atoms with Crippen molar-refractivity contribution in [2.45, 2.75) is 44.6 Å². The first-order valence-electron chi connectivity index (χ1n) is 6.91. The van der Waals surface area contributed by atoms with Gasteiger partial charge in [0.15, 0.2) is 0 Å². The van der Waals surface area contributed by atoms with Crippen molar-refractivity contribution in [1.82, 2.24) is 10.3 Å². The minimum atomic E-state index is -0.515. The van der Waals surface area contributed by atoms with Gasteiger partial charge in [0.1, 0.15) is 11.8 Å². The van der Waals surface area contributed by atoms with Gasteiger partial charge in [-0.2, -0.15) is 5.26 Å². The number of aliphatic hydroxyl groups excluding tert-OH is 1. The van der Waals surface area contributed by atoms with E-state index in [0.29, 0.717) is 17.0 Å². The fraction of sp³-hybridized carbons (Fsp3) is 0.533. The number of amides is 1. The van der Waals surface area contributed by atoms with E-state index in [4.69, 9.17) is 5.26 Å². The summed E-state index contributed by atoms with van der Waals surface area (Å²) in [5.41, 5.74) is 0.788. The van der Waals surface area contributed by atoms with Crippen molar-refractivity contribution in [2.24, 2.45) is 0 Å². The largest absolute Gasteiger partial charge is 0.394 e. The van der Waals surface area contributed by atoms with Gasteiger partial charge >= 0.3 is 0 Å². The molecule has 0 radical (unpaired) electrons. The number of carbonyl (C=O) groups excluding carboxylic acids is 1. The number of rotatable bonds is 3. The Morgan fingerprint density at radius 1 is 1.45 bits per heavy atom. The van der Waals surface area contributed by atoms with Gasteiger partial charge in [0.25, 0.3) is 5.91 Å². The predicted molar refractivity (Wildman–Crippen MR) is 74.1 cm³/mol. The zero-order valence-corrected chi connectivity index (χ0v) is 11.6. The molecule has 0 aromatic carbocycles. The number of pyridine rings is 1. The van der Waals surface area contributed by atoms with Crippen LogP contribution in [0.25, 0.3) is 0 Å². The molecule has 0 spiro atoms. The Balaban J connectivity index is 2.15. The fourth-order valence-electron chi connectivity index (χ4n) is 2.66. The van der Waals surface area contributed by atoms with Crippen molar-refractivity contribution < 1.29 is 9.90 Å². The number of nitrogens with one attached hydrogen (secondary N) is 1. The lowest BCUT2D eigenvalue weighted by molar-refractivity contribution is 0.0753. The van der Waals surface area contributed by atoms with E-state index in [9.17, 15) is 9.90 Å². The first-order valence-corrected chi connectivity index (χ1v) is 6.91. The Bertz CT molecular complexity index is 543. The van der Waals surface area contributed by atoms with E-state index in [0.717, 1.165) is 32.1 Å². The number of aliphatic hydroxyl groups is 1. The van der Waals surface area contributed by atoms with Crippen molar-refractivity contribution >= 4 is 5.91 Å². The summed E-state index contributed by atoms with van der Waals surface area (Å²) in [5, 5.41) is 21.4. The molecule has 1 aromatic heterocycles. The van der Waals surface area contributed by atoms with Gasteiger partial charge in [0.05, 0.1) is 23.4 Å². The third kappa shape index (κ3) is 2.97. The van der Waals surface area contributed by atoms with Gasteiger partial charge in [0.2, 0.25) is 0 Å². The highest BCUT2D eigenvalue weighted by Crippen LogP contribution is 2.28. The molecule has 1 amide bonds. The summed E-state index contributed by atoms with van der Waals surface area (Å²) in [6.45, 7) is 1.66. The maximum atomic E-state index is 12.3. The average Bonchev–Trinajstić information content (AvgIpc) is 2.48. The van der Waals surface area contributed by atoms with Gasteiger partial charge < -0.3 is 10.4 Å². The van der Waals surface area contributed by atoms with Crippen LogP contribution in [0.4, 0.5) is 0 Å². The van der Waals surface area contributed by atoms with Crippen molar-refractivity contribution in [2.75, 3.05) is 6.61 Å². The van der Waals surface area contributed by atoms with E-state index in [2.05, 4.69) is 10.3 Å². The van der Waals surface area contributed by atoms with Crippen LogP contribution in [-0.2, 0) is 0 Å². The van der Waals surface area contributed by atoms with E-state index < -0.39 is 5.54 Å². The van der Waals surface area contributed by atoms with Crippen LogP contribution in [0.1, 0.15) is 53.8 Å². The number of aromatic nitrogens is 1. The third-order valence-corrected chi connectivity index (χ3v) is 3.93. The summed E-state index contributed by atoms with van der Waals surface area (Å²) in [4.78, 5) is 16.4. The Kier molecular flexibility index (Phi) is 4.35. The molecule has 0 aliphatic heterocycles. The Labute approximate surface area is 118 Å². The number of nitrogens with zero attached hydrogens (tertiary/aromatic N) is 2. The first kappa shape index (κ1) is 14.5. The molecule has 0 saturated heterocycles. The second-order valence-corrected chi connectivity index (χ2v) is 5.39. The minimum Gasteiger partial charge on any atom is -0.394 e. The molecule has 1 saturated carbocycles. The lowest BCUT2D eigenvalue weighted by Crippen LogP contribution is -2.52. The van der Waals surface area contributed by atoms with Crippen LogP contribution in [0.2, 0.25) is 0 Å². The molecule has 0 atom stereocenters. The molecule has 106 valence electrons. The molecule has 1 heterocycles. The van der Waals surface area contributed by atoms with E-state index in [1.54, 1.807) is 19.1 Å². The molecule has 1 aliphatic carbocycles. The van der Waals surface area contributed by atoms with Crippen molar-refractivity contribution in [3.63, 3.8) is 0 Å². The number of aryl methyl sites for hydroxylation is 1. The molecular weight excluding hydrogens is 254 g/mol. The maximum Gasteiger partial charge on any atom is 0.270 e. The second-order valence-electron chi connectivity index (χ2n) is 5.39. The molecule has 1 fully saturated rings. The Morgan fingerprint density at radius 2 is 2.15 bits per heavy atom. The van der Waals surface area contributed by atoms with Gasteiger partial charge in [0, 0.05) is 0 Å². The van der Waals surface area contributed by atoms with Crippen molar-refractivity contribution in [1.29, 1.82) is 5.26 Å². The van der Waals surface area contributed by atoms with Crippen LogP contribution in [-0.4, -0.2) is 28.1 Å². The summed E-state index contributed by atoms with van der Waals surface area (Å²) in [6.07, 6.45) is 4.77. The van der Waals surface area contributed by atoms with Gasteiger partial charge in [-0.3, -0.25) is 4.79 Å². The molecule has 20 heavy (non-hydrogen) atoms. The van der Waals surface area contributed by atoms with Crippen LogP contribution in [0.5, 0.6) is 0 Å². The van der Waals surface area contributed by atoms with Gasteiger partial charge in [-0.1, -0.05) is 19.3 Å². The summed E-state index contributed by atoms with van der Waals surface area (Å²) in [7, 11) is 0. The van der Waals surface area contributed by atoms with Crippen LogP contribution >= 0.6 is 0 Å². The Morgan fingerprint density at radius 3 is 2.70 bits per heavy atom. The molecule has 2 N–H and O–H groups in total. The standard InChI is InChI=1S/C15H19N3O2/c1-11-12(9-16)5-6-13(17-11)14(20)18-15(10-19)7-3-2-4-8-15/h5-6,19H,2-4,7-8,10H2,1H3,(H,18,20). The molecule has 1 aliphatic rings. The lowest BCUT2D eigenvalue weighted by Gasteiger charge is -2.36. The maximum absolute atomic E-state index is 12.3. The molecule has 5 heteroatoms. The highest BCUT2D eigenvalue weighted by atomic mass is 16.3. The van der Waals surface area contributed by atoms with Crippen molar-refractivity contribution in [3.8, 4) is 6.07 Å². The van der Waals surface area contributed by atoms with Crippen LogP contribution in [0.3, 0.4) is 0 Å². The van der Waals surface area contributed by atoms with Crippen LogP contribution in [0, 0.1) is 18.3 Å². The summed E-state index contributed by atoms with van der Waals surface area (Å²) < 4.78 is 0. The number of carbonyl (C=O) groups is 1. The van der Waals surface area contributed by atoms with E-state index in [-0.39, 0.29) is 12.5 Å². The van der Waals surface area contributed by atoms with Gasteiger partial charge in [-0.25, -0.2) is 4.98 Å². The summed E-state index contributed by atoms with van der Waals surface area (Å²) in [6, 6.07) is 5.18. The fourth-order valence-corrected chi connectivity index (χ4v) is 2.66. The quantitative estimate of drug-likeness (QED) is 0.877. The lowest BCUT2D eigenvalue weighted by atomic mass is 9.82. The number of nitriles is 1. The summed E-state index contributed by atoms with van der Waals surface area (Å²) >= 11 is 0. The first-order chi connectivity index (χ1) is 9.60. The van der Waals surface area contributed by atoms with Crippen LogP contribution in [0.15, 0.2) is 12.1 Å². The predicted octanol–water partition coefficient (Wildman–Crippen LogP) is 1.69. The van der Waals surface area contributed by atoms with E-state index >= 15 is 0 Å². The zero-order valence-electron chi connectivity index (χ0n) is 11.6. The summed E-state index contributed by atoms with van der Waals surface area (Å²) in [5.74, 6) is -0.284. The molecule has 0 unspecified atom stereocenters. The van der Waals surface area contributed by atoms with Gasteiger partial charge in [-0.15, -0.1) is 0 Å². The molecular formula is C15H19N3O2.